The maximum atomic E-state index is 6.63. The molecule has 2 rings (SSSR count). The van der Waals surface area contributed by atoms with E-state index in [4.69, 9.17) is 10.5 Å². The van der Waals surface area contributed by atoms with Gasteiger partial charge in [0.05, 0.1) is 11.6 Å². The van der Waals surface area contributed by atoms with Crippen LogP contribution in [0.15, 0.2) is 24.3 Å². The molecule has 0 bridgehead atoms. The molecule has 0 saturated heterocycles. The van der Waals surface area contributed by atoms with Crippen LogP contribution in [-0.2, 0) is 11.2 Å². The van der Waals surface area contributed by atoms with Crippen molar-refractivity contribution in [2.75, 3.05) is 6.61 Å². The number of nitrogens with two attached hydrogens (primary N) is 1. The first kappa shape index (κ1) is 15.5. The Morgan fingerprint density at radius 3 is 2.60 bits per heavy atom. The van der Waals surface area contributed by atoms with Gasteiger partial charge in [0.15, 0.2) is 0 Å². The molecule has 0 aromatic heterocycles. The van der Waals surface area contributed by atoms with Gasteiger partial charge in [0.2, 0.25) is 0 Å². The van der Waals surface area contributed by atoms with Gasteiger partial charge in [-0.25, -0.2) is 0 Å². The molecule has 2 nitrogen and oxygen atoms in total. The van der Waals surface area contributed by atoms with Crippen molar-refractivity contribution < 1.29 is 4.74 Å². The Morgan fingerprint density at radius 2 is 2.00 bits per heavy atom. The van der Waals surface area contributed by atoms with Crippen LogP contribution in [0.25, 0.3) is 0 Å². The first-order valence-corrected chi connectivity index (χ1v) is 8.09. The average molecular weight is 275 g/mol. The Balaban J connectivity index is 2.23. The summed E-state index contributed by atoms with van der Waals surface area (Å²) in [5.41, 5.74) is 9.06. The molecular weight excluding hydrogens is 246 g/mol. The monoisotopic (exact) mass is 275 g/mol. The Hall–Kier alpha value is -0.860. The van der Waals surface area contributed by atoms with Crippen LogP contribution in [0.4, 0.5) is 0 Å². The van der Waals surface area contributed by atoms with Crippen molar-refractivity contribution in [3.63, 3.8) is 0 Å². The van der Waals surface area contributed by atoms with Crippen molar-refractivity contribution in [2.45, 2.75) is 64.5 Å². The minimum atomic E-state index is -0.159. The maximum Gasteiger partial charge on any atom is 0.0874 e. The number of hydrogen-bond acceptors (Lipinski definition) is 2. The largest absolute Gasteiger partial charge is 0.373 e. The highest BCUT2D eigenvalue weighted by molar-refractivity contribution is 5.28. The zero-order valence-corrected chi connectivity index (χ0v) is 13.2. The van der Waals surface area contributed by atoms with E-state index < -0.39 is 0 Å². The molecule has 1 unspecified atom stereocenters. The van der Waals surface area contributed by atoms with Crippen LogP contribution in [-0.4, -0.2) is 12.2 Å². The second-order valence-electron chi connectivity index (χ2n) is 6.26. The molecule has 0 amide bonds. The van der Waals surface area contributed by atoms with Crippen molar-refractivity contribution in [1.82, 2.24) is 0 Å². The van der Waals surface area contributed by atoms with Crippen molar-refractivity contribution in [1.29, 1.82) is 0 Å². The number of rotatable bonds is 5. The zero-order chi connectivity index (χ0) is 14.6. The second kappa shape index (κ2) is 6.73. The predicted molar refractivity (Wildman–Crippen MR) is 84.7 cm³/mol. The highest BCUT2D eigenvalue weighted by Gasteiger charge is 2.41. The molecular formula is C18H29NO. The molecule has 2 N–H and O–H groups in total. The SMILES string of the molecule is CCOC1(C(N)c2cccc(CC)c2)CCC(C)CC1. The lowest BCUT2D eigenvalue weighted by Crippen LogP contribution is -2.46. The minimum absolute atomic E-state index is 0.0125. The summed E-state index contributed by atoms with van der Waals surface area (Å²) < 4.78 is 6.18. The number of ether oxygens (including phenoxy) is 1. The molecule has 1 aliphatic rings. The third-order valence-corrected chi connectivity index (χ3v) is 4.84. The van der Waals surface area contributed by atoms with Crippen molar-refractivity contribution in [3.8, 4) is 0 Å². The van der Waals surface area contributed by atoms with E-state index in [0.717, 1.165) is 31.8 Å². The van der Waals surface area contributed by atoms with E-state index in [9.17, 15) is 0 Å². The molecule has 20 heavy (non-hydrogen) atoms. The maximum absolute atomic E-state index is 6.63. The molecule has 112 valence electrons. The van der Waals surface area contributed by atoms with Crippen molar-refractivity contribution >= 4 is 0 Å². The first-order chi connectivity index (χ1) is 9.61. The Labute approximate surface area is 123 Å². The van der Waals surface area contributed by atoms with Gasteiger partial charge in [0.25, 0.3) is 0 Å². The molecule has 1 aliphatic carbocycles. The van der Waals surface area contributed by atoms with E-state index in [1.807, 2.05) is 0 Å². The smallest absolute Gasteiger partial charge is 0.0874 e. The van der Waals surface area contributed by atoms with Crippen LogP contribution in [0.3, 0.4) is 0 Å². The molecule has 1 fully saturated rings. The van der Waals surface area contributed by atoms with Gasteiger partial charge in [0, 0.05) is 6.61 Å². The number of hydrogen-bond donors (Lipinski definition) is 1. The van der Waals surface area contributed by atoms with E-state index in [-0.39, 0.29) is 11.6 Å². The Morgan fingerprint density at radius 1 is 1.30 bits per heavy atom. The highest BCUT2D eigenvalue weighted by atomic mass is 16.5. The topological polar surface area (TPSA) is 35.2 Å². The van der Waals surface area contributed by atoms with E-state index in [1.165, 1.54) is 24.0 Å². The summed E-state index contributed by atoms with van der Waals surface area (Å²) in [5, 5.41) is 0. The van der Waals surface area contributed by atoms with Gasteiger partial charge >= 0.3 is 0 Å². The van der Waals surface area contributed by atoms with Gasteiger partial charge in [-0.1, -0.05) is 38.1 Å². The Bertz CT molecular complexity index is 421. The van der Waals surface area contributed by atoms with Crippen molar-refractivity contribution in [2.24, 2.45) is 11.7 Å². The quantitative estimate of drug-likeness (QED) is 0.872. The van der Waals surface area contributed by atoms with E-state index >= 15 is 0 Å². The van der Waals surface area contributed by atoms with Gasteiger partial charge < -0.3 is 10.5 Å². The van der Waals surface area contributed by atoms with Crippen LogP contribution in [0.2, 0.25) is 0 Å². The van der Waals surface area contributed by atoms with Crippen molar-refractivity contribution in [3.05, 3.63) is 35.4 Å². The summed E-state index contributed by atoms with van der Waals surface area (Å²) in [4.78, 5) is 0. The fourth-order valence-corrected chi connectivity index (χ4v) is 3.39. The first-order valence-electron chi connectivity index (χ1n) is 8.09. The molecule has 1 saturated carbocycles. The summed E-state index contributed by atoms with van der Waals surface area (Å²) in [6.07, 6.45) is 5.67. The van der Waals surface area contributed by atoms with E-state index in [2.05, 4.69) is 45.0 Å². The standard InChI is InChI=1S/C18H29NO/c1-4-15-7-6-8-16(13-15)17(19)18(20-5-2)11-9-14(3)10-12-18/h6-8,13-14,17H,4-5,9-12,19H2,1-3H3. The summed E-state index contributed by atoms with van der Waals surface area (Å²) in [5.74, 6) is 0.803. The summed E-state index contributed by atoms with van der Waals surface area (Å²) in [6.45, 7) is 7.34. The molecule has 0 aliphatic heterocycles. The molecule has 2 heteroatoms. The third kappa shape index (κ3) is 3.24. The number of benzene rings is 1. The normalized spacial score (nSPS) is 28.3. The van der Waals surface area contributed by atoms with Gasteiger partial charge in [-0.15, -0.1) is 0 Å². The molecule has 0 spiro atoms. The lowest BCUT2D eigenvalue weighted by molar-refractivity contribution is -0.0896. The minimum Gasteiger partial charge on any atom is -0.373 e. The van der Waals surface area contributed by atoms with Crippen LogP contribution >= 0.6 is 0 Å². The highest BCUT2D eigenvalue weighted by Crippen LogP contribution is 2.42. The molecule has 1 aromatic rings. The van der Waals surface area contributed by atoms with Gasteiger partial charge in [-0.2, -0.15) is 0 Å². The van der Waals surface area contributed by atoms with Gasteiger partial charge in [0.1, 0.15) is 0 Å². The number of aryl methyl sites for hydroxylation is 1. The van der Waals surface area contributed by atoms with Gasteiger partial charge in [-0.05, 0) is 56.1 Å². The van der Waals surface area contributed by atoms with E-state index in [0.29, 0.717) is 0 Å². The molecule has 1 aromatic carbocycles. The lowest BCUT2D eigenvalue weighted by Gasteiger charge is -2.43. The lowest BCUT2D eigenvalue weighted by atomic mass is 9.73. The average Bonchev–Trinajstić information content (AvgIpc) is 2.49. The fourth-order valence-electron chi connectivity index (χ4n) is 3.39. The predicted octanol–water partition coefficient (Wildman–Crippen LogP) is 4.23. The molecule has 1 atom stereocenters. The third-order valence-electron chi connectivity index (χ3n) is 4.84. The van der Waals surface area contributed by atoms with Crippen LogP contribution in [0, 0.1) is 5.92 Å². The van der Waals surface area contributed by atoms with Crippen LogP contribution in [0.1, 0.15) is 63.6 Å². The van der Waals surface area contributed by atoms with Crippen LogP contribution < -0.4 is 5.73 Å². The second-order valence-corrected chi connectivity index (χ2v) is 6.26. The fraction of sp³-hybridized carbons (Fsp3) is 0.667. The Kier molecular flexibility index (Phi) is 5.22. The van der Waals surface area contributed by atoms with Gasteiger partial charge in [-0.3, -0.25) is 0 Å². The molecule has 0 radical (unpaired) electrons. The van der Waals surface area contributed by atoms with E-state index in [1.54, 1.807) is 0 Å². The van der Waals surface area contributed by atoms with Crippen LogP contribution in [0.5, 0.6) is 0 Å². The molecule has 0 heterocycles. The summed E-state index contributed by atoms with van der Waals surface area (Å²) in [7, 11) is 0. The summed E-state index contributed by atoms with van der Waals surface area (Å²) in [6, 6.07) is 8.69. The zero-order valence-electron chi connectivity index (χ0n) is 13.2. The summed E-state index contributed by atoms with van der Waals surface area (Å²) >= 11 is 0.